The molecule has 0 heterocycles. The lowest BCUT2D eigenvalue weighted by Gasteiger charge is -2.27. The number of hydrogen-bond donors (Lipinski definition) is 2. The van der Waals surface area contributed by atoms with E-state index in [1.807, 2.05) is 0 Å². The molecule has 0 bridgehead atoms. The number of β-amino-alcohol motifs (C(OH)–C–C–N with tert-alkyl or cyclic N) is 1. The Bertz CT molecular complexity index is 404. The van der Waals surface area contributed by atoms with Crippen molar-refractivity contribution in [1.82, 2.24) is 5.32 Å². The third-order valence-electron chi connectivity index (χ3n) is 3.03. The molecular formula is C15H23Cl2NO2. The molecule has 1 unspecified atom stereocenters. The van der Waals surface area contributed by atoms with Gasteiger partial charge in [-0.25, -0.2) is 0 Å². The summed E-state index contributed by atoms with van der Waals surface area (Å²) in [7, 11) is 0. The van der Waals surface area contributed by atoms with Gasteiger partial charge in [-0.1, -0.05) is 42.6 Å². The van der Waals surface area contributed by atoms with E-state index >= 15 is 0 Å². The van der Waals surface area contributed by atoms with Crippen LogP contribution >= 0.6 is 23.2 Å². The summed E-state index contributed by atoms with van der Waals surface area (Å²) in [5, 5.41) is 14.2. The molecule has 0 saturated heterocycles. The summed E-state index contributed by atoms with van der Waals surface area (Å²) in [5.74, 6) is 0.419. The monoisotopic (exact) mass is 319 g/mol. The Morgan fingerprint density at radius 2 is 1.90 bits per heavy atom. The van der Waals surface area contributed by atoms with Crippen molar-refractivity contribution in [2.45, 2.75) is 45.3 Å². The molecule has 0 radical (unpaired) electrons. The van der Waals surface area contributed by atoms with Crippen LogP contribution in [-0.2, 0) is 0 Å². The molecule has 3 nitrogen and oxygen atoms in total. The number of nitrogens with one attached hydrogen (secondary N) is 1. The van der Waals surface area contributed by atoms with Crippen LogP contribution in [0, 0.1) is 0 Å². The summed E-state index contributed by atoms with van der Waals surface area (Å²) >= 11 is 12.0. The SMILES string of the molecule is CCCC(C)(C)NCC(O)COc1c(Cl)cccc1Cl. The Balaban J connectivity index is 2.42. The van der Waals surface area contributed by atoms with Crippen molar-refractivity contribution in [2.24, 2.45) is 0 Å². The summed E-state index contributed by atoms with van der Waals surface area (Å²) in [6.45, 7) is 7.00. The number of halogens is 2. The maximum atomic E-state index is 9.95. The summed E-state index contributed by atoms with van der Waals surface area (Å²) in [5.41, 5.74) is 0.0117. The van der Waals surface area contributed by atoms with Gasteiger partial charge >= 0.3 is 0 Å². The lowest BCUT2D eigenvalue weighted by molar-refractivity contribution is 0.0982. The van der Waals surface area contributed by atoms with Gasteiger partial charge < -0.3 is 15.2 Å². The highest BCUT2D eigenvalue weighted by molar-refractivity contribution is 6.37. The summed E-state index contributed by atoms with van der Waals surface area (Å²) < 4.78 is 5.50. The molecule has 0 saturated carbocycles. The molecule has 0 aromatic heterocycles. The van der Waals surface area contributed by atoms with Crippen LogP contribution in [0.4, 0.5) is 0 Å². The van der Waals surface area contributed by atoms with E-state index in [1.54, 1.807) is 18.2 Å². The van der Waals surface area contributed by atoms with Crippen LogP contribution in [0.5, 0.6) is 5.75 Å². The van der Waals surface area contributed by atoms with Crippen molar-refractivity contribution in [3.05, 3.63) is 28.2 Å². The first kappa shape index (κ1) is 17.6. The van der Waals surface area contributed by atoms with E-state index in [9.17, 15) is 5.11 Å². The normalized spacial score (nSPS) is 13.3. The molecule has 0 spiro atoms. The van der Waals surface area contributed by atoms with Gasteiger partial charge in [0.05, 0.1) is 10.0 Å². The number of para-hydroxylation sites is 1. The highest BCUT2D eigenvalue weighted by Crippen LogP contribution is 2.32. The van der Waals surface area contributed by atoms with Gasteiger partial charge in [-0.2, -0.15) is 0 Å². The fourth-order valence-corrected chi connectivity index (χ4v) is 2.47. The van der Waals surface area contributed by atoms with E-state index in [0.717, 1.165) is 12.8 Å². The minimum atomic E-state index is -0.613. The van der Waals surface area contributed by atoms with Gasteiger partial charge in [0.15, 0.2) is 5.75 Å². The van der Waals surface area contributed by atoms with Gasteiger partial charge in [-0.3, -0.25) is 0 Å². The van der Waals surface area contributed by atoms with Gasteiger partial charge in [0.1, 0.15) is 12.7 Å². The molecule has 0 amide bonds. The van der Waals surface area contributed by atoms with Gasteiger partial charge in [-0.15, -0.1) is 0 Å². The predicted molar refractivity (Wildman–Crippen MR) is 85.0 cm³/mol. The topological polar surface area (TPSA) is 41.5 Å². The number of aliphatic hydroxyl groups is 1. The van der Waals surface area contributed by atoms with E-state index < -0.39 is 6.10 Å². The Morgan fingerprint density at radius 1 is 1.30 bits per heavy atom. The van der Waals surface area contributed by atoms with Crippen LogP contribution < -0.4 is 10.1 Å². The molecule has 0 fully saturated rings. The Morgan fingerprint density at radius 3 is 2.45 bits per heavy atom. The third-order valence-corrected chi connectivity index (χ3v) is 3.63. The second-order valence-electron chi connectivity index (χ2n) is 5.53. The number of hydrogen-bond acceptors (Lipinski definition) is 3. The van der Waals surface area contributed by atoms with Gasteiger partial charge in [-0.05, 0) is 32.4 Å². The summed E-state index contributed by atoms with van der Waals surface area (Å²) in [6.07, 6.45) is 1.54. The first-order valence-electron chi connectivity index (χ1n) is 6.85. The van der Waals surface area contributed by atoms with Crippen LogP contribution in [-0.4, -0.2) is 29.9 Å². The van der Waals surface area contributed by atoms with Crippen LogP contribution in [0.25, 0.3) is 0 Å². The number of ether oxygens (including phenoxy) is 1. The largest absolute Gasteiger partial charge is 0.488 e. The van der Waals surface area contributed by atoms with Crippen molar-refractivity contribution in [3.8, 4) is 5.75 Å². The first-order valence-corrected chi connectivity index (χ1v) is 7.61. The van der Waals surface area contributed by atoms with Crippen LogP contribution in [0.3, 0.4) is 0 Å². The zero-order chi connectivity index (χ0) is 15.2. The van der Waals surface area contributed by atoms with Crippen LogP contribution in [0.2, 0.25) is 10.0 Å². The zero-order valence-electron chi connectivity index (χ0n) is 12.2. The fourth-order valence-electron chi connectivity index (χ4n) is 1.97. The van der Waals surface area contributed by atoms with E-state index in [1.165, 1.54) is 0 Å². The molecule has 2 N–H and O–H groups in total. The predicted octanol–water partition coefficient (Wildman–Crippen LogP) is 3.90. The average molecular weight is 320 g/mol. The third kappa shape index (κ3) is 5.88. The maximum Gasteiger partial charge on any atom is 0.156 e. The van der Waals surface area contributed by atoms with Gasteiger partial charge in [0.2, 0.25) is 0 Å². The van der Waals surface area contributed by atoms with E-state index in [0.29, 0.717) is 22.3 Å². The van der Waals surface area contributed by atoms with Crippen molar-refractivity contribution in [1.29, 1.82) is 0 Å². The molecule has 0 aliphatic heterocycles. The molecule has 114 valence electrons. The second kappa shape index (κ2) is 8.08. The minimum Gasteiger partial charge on any atom is -0.488 e. The highest BCUT2D eigenvalue weighted by Gasteiger charge is 2.18. The first-order chi connectivity index (χ1) is 9.35. The molecule has 20 heavy (non-hydrogen) atoms. The Hall–Kier alpha value is -0.480. The quantitative estimate of drug-likeness (QED) is 0.763. The number of aliphatic hydroxyl groups excluding tert-OH is 1. The van der Waals surface area contributed by atoms with E-state index in [4.69, 9.17) is 27.9 Å². The van der Waals surface area contributed by atoms with Gasteiger partial charge in [0.25, 0.3) is 0 Å². The fraction of sp³-hybridized carbons (Fsp3) is 0.600. The number of benzene rings is 1. The molecule has 1 aromatic rings. The summed E-state index contributed by atoms with van der Waals surface area (Å²) in [6, 6.07) is 5.16. The van der Waals surface area contributed by atoms with E-state index in [-0.39, 0.29) is 12.1 Å². The highest BCUT2D eigenvalue weighted by atomic mass is 35.5. The molecule has 1 rings (SSSR count). The molecule has 1 aromatic carbocycles. The molecule has 1 atom stereocenters. The van der Waals surface area contributed by atoms with Crippen LogP contribution in [0.1, 0.15) is 33.6 Å². The molecule has 0 aliphatic rings. The smallest absolute Gasteiger partial charge is 0.156 e. The minimum absolute atomic E-state index is 0.0117. The number of rotatable bonds is 8. The molecular weight excluding hydrogens is 297 g/mol. The van der Waals surface area contributed by atoms with Crippen molar-refractivity contribution in [3.63, 3.8) is 0 Å². The lowest BCUT2D eigenvalue weighted by Crippen LogP contribution is -2.44. The average Bonchev–Trinajstić information content (AvgIpc) is 2.36. The Labute approximate surface area is 131 Å². The zero-order valence-corrected chi connectivity index (χ0v) is 13.8. The summed E-state index contributed by atoms with van der Waals surface area (Å²) in [4.78, 5) is 0. The van der Waals surface area contributed by atoms with Crippen molar-refractivity contribution in [2.75, 3.05) is 13.2 Å². The maximum absolute atomic E-state index is 9.95. The Kier molecular flexibility index (Phi) is 7.10. The van der Waals surface area contributed by atoms with Crippen LogP contribution in [0.15, 0.2) is 18.2 Å². The van der Waals surface area contributed by atoms with Crippen molar-refractivity contribution >= 4 is 23.2 Å². The molecule has 0 aliphatic carbocycles. The molecule has 5 heteroatoms. The standard InChI is InChI=1S/C15H23Cl2NO2/c1-4-8-15(2,3)18-9-11(19)10-20-14-12(16)6-5-7-13(14)17/h5-7,11,18-19H,4,8-10H2,1-3H3. The van der Waals surface area contributed by atoms with E-state index in [2.05, 4.69) is 26.1 Å². The van der Waals surface area contributed by atoms with Gasteiger partial charge in [0, 0.05) is 12.1 Å². The van der Waals surface area contributed by atoms with Crippen molar-refractivity contribution < 1.29 is 9.84 Å². The second-order valence-corrected chi connectivity index (χ2v) is 6.34. The lowest BCUT2D eigenvalue weighted by atomic mass is 9.99.